The number of piperidine rings is 1. The monoisotopic (exact) mass is 264 g/mol. The molecule has 0 aliphatic carbocycles. The summed E-state index contributed by atoms with van der Waals surface area (Å²) in [6, 6.07) is 9.64. The van der Waals surface area contributed by atoms with Gasteiger partial charge in [0.15, 0.2) is 0 Å². The Bertz CT molecular complexity index is 397. The van der Waals surface area contributed by atoms with E-state index in [2.05, 4.69) is 10.6 Å². The van der Waals surface area contributed by atoms with Gasteiger partial charge in [-0.3, -0.25) is 0 Å². The van der Waals surface area contributed by atoms with Crippen LogP contribution in [-0.2, 0) is 16.1 Å². The van der Waals surface area contributed by atoms with Crippen molar-refractivity contribution in [3.63, 3.8) is 0 Å². The Kier molecular flexibility index (Phi) is 5.18. The van der Waals surface area contributed by atoms with Crippen LogP contribution in [0.15, 0.2) is 30.3 Å². The van der Waals surface area contributed by atoms with E-state index in [0.717, 1.165) is 25.1 Å². The van der Waals surface area contributed by atoms with Crippen molar-refractivity contribution in [3.05, 3.63) is 35.9 Å². The minimum Gasteiger partial charge on any atom is -0.445 e. The number of nitrogens with one attached hydrogen (secondary N) is 2. The predicted molar refractivity (Wildman–Crippen MR) is 71.8 cm³/mol. The number of benzene rings is 1. The number of amides is 1. The molecular formula is C14H20N2O3. The van der Waals surface area contributed by atoms with Crippen molar-refractivity contribution in [2.45, 2.75) is 25.2 Å². The number of methoxy groups -OCH3 is 1. The Labute approximate surface area is 113 Å². The summed E-state index contributed by atoms with van der Waals surface area (Å²) >= 11 is 0. The van der Waals surface area contributed by atoms with E-state index < -0.39 is 6.09 Å². The Balaban J connectivity index is 1.77. The van der Waals surface area contributed by atoms with Gasteiger partial charge in [0.05, 0.1) is 12.1 Å². The minimum atomic E-state index is -0.391. The van der Waals surface area contributed by atoms with Crippen LogP contribution < -0.4 is 10.6 Å². The van der Waals surface area contributed by atoms with Crippen LogP contribution in [0, 0.1) is 0 Å². The smallest absolute Gasteiger partial charge is 0.407 e. The van der Waals surface area contributed by atoms with E-state index in [9.17, 15) is 4.79 Å². The Morgan fingerprint density at radius 1 is 1.42 bits per heavy atom. The molecule has 1 aromatic rings. The van der Waals surface area contributed by atoms with Crippen LogP contribution in [0.3, 0.4) is 0 Å². The standard InChI is InChI=1S/C14H20N2O3/c1-18-13-9-15-8-7-12(13)16-14(17)19-10-11-5-3-2-4-6-11/h2-6,12-13,15H,7-10H2,1H3,(H,16,17)/t12-,13-/m1/s1. The first-order valence-corrected chi connectivity index (χ1v) is 6.50. The van der Waals surface area contributed by atoms with Crippen molar-refractivity contribution in [3.8, 4) is 0 Å². The highest BCUT2D eigenvalue weighted by atomic mass is 16.5. The SMILES string of the molecule is CO[C@@H]1CNCC[C@H]1NC(=O)OCc1ccccc1. The summed E-state index contributed by atoms with van der Waals surface area (Å²) in [5.41, 5.74) is 0.978. The molecule has 19 heavy (non-hydrogen) atoms. The molecule has 1 aromatic carbocycles. The number of hydrogen-bond acceptors (Lipinski definition) is 4. The summed E-state index contributed by atoms with van der Waals surface area (Å²) in [6.45, 7) is 1.92. The average molecular weight is 264 g/mol. The van der Waals surface area contributed by atoms with E-state index >= 15 is 0 Å². The van der Waals surface area contributed by atoms with Gasteiger partial charge in [-0.25, -0.2) is 4.79 Å². The molecule has 1 fully saturated rings. The maximum atomic E-state index is 11.7. The van der Waals surface area contributed by atoms with Crippen molar-refractivity contribution < 1.29 is 14.3 Å². The second-order valence-corrected chi connectivity index (χ2v) is 4.58. The van der Waals surface area contributed by atoms with Crippen molar-refractivity contribution in [1.29, 1.82) is 0 Å². The third-order valence-electron chi connectivity index (χ3n) is 3.25. The molecule has 1 aliphatic heterocycles. The molecule has 1 aliphatic rings. The Morgan fingerprint density at radius 2 is 2.21 bits per heavy atom. The number of carbonyl (C=O) groups excluding carboxylic acids is 1. The molecule has 0 spiro atoms. The highest BCUT2D eigenvalue weighted by Crippen LogP contribution is 2.08. The van der Waals surface area contributed by atoms with Crippen molar-refractivity contribution in [2.75, 3.05) is 20.2 Å². The first-order valence-electron chi connectivity index (χ1n) is 6.50. The third-order valence-corrected chi connectivity index (χ3v) is 3.25. The zero-order chi connectivity index (χ0) is 13.5. The number of carbonyl (C=O) groups is 1. The summed E-state index contributed by atoms with van der Waals surface area (Å²) < 4.78 is 10.5. The fourth-order valence-electron chi connectivity index (χ4n) is 2.16. The fraction of sp³-hybridized carbons (Fsp3) is 0.500. The van der Waals surface area contributed by atoms with Crippen molar-refractivity contribution in [2.24, 2.45) is 0 Å². The van der Waals surface area contributed by atoms with Gasteiger partial charge >= 0.3 is 6.09 Å². The lowest BCUT2D eigenvalue weighted by Crippen LogP contribution is -2.53. The highest BCUT2D eigenvalue weighted by Gasteiger charge is 2.26. The van der Waals surface area contributed by atoms with E-state index in [-0.39, 0.29) is 18.8 Å². The van der Waals surface area contributed by atoms with Gasteiger partial charge in [0.1, 0.15) is 6.61 Å². The minimum absolute atomic E-state index is 0.00183. The molecule has 5 heteroatoms. The quantitative estimate of drug-likeness (QED) is 0.860. The van der Waals surface area contributed by atoms with Gasteiger partial charge in [-0.2, -0.15) is 0 Å². The third kappa shape index (κ3) is 4.22. The lowest BCUT2D eigenvalue weighted by molar-refractivity contribution is 0.0473. The molecule has 104 valence electrons. The van der Waals surface area contributed by atoms with Gasteiger partial charge < -0.3 is 20.1 Å². The Morgan fingerprint density at radius 3 is 2.95 bits per heavy atom. The molecule has 0 saturated carbocycles. The van der Waals surface area contributed by atoms with Crippen LogP contribution >= 0.6 is 0 Å². The summed E-state index contributed by atoms with van der Waals surface area (Å²) in [7, 11) is 1.65. The number of hydrogen-bond donors (Lipinski definition) is 2. The second kappa shape index (κ2) is 7.11. The average Bonchev–Trinajstić information content (AvgIpc) is 2.47. The van der Waals surface area contributed by atoms with Crippen LogP contribution in [0.2, 0.25) is 0 Å². The molecule has 0 aromatic heterocycles. The van der Waals surface area contributed by atoms with E-state index in [4.69, 9.17) is 9.47 Å². The number of alkyl carbamates (subject to hydrolysis) is 1. The molecule has 0 radical (unpaired) electrons. The number of rotatable bonds is 4. The van der Waals surface area contributed by atoms with Gasteiger partial charge in [-0.05, 0) is 18.5 Å². The van der Waals surface area contributed by atoms with Gasteiger partial charge in [-0.15, -0.1) is 0 Å². The van der Waals surface area contributed by atoms with E-state index in [0.29, 0.717) is 0 Å². The first kappa shape index (κ1) is 13.8. The maximum absolute atomic E-state index is 11.7. The Hall–Kier alpha value is -1.59. The molecule has 1 saturated heterocycles. The molecule has 1 amide bonds. The summed E-state index contributed by atoms with van der Waals surface area (Å²) in [5, 5.41) is 6.09. The summed E-state index contributed by atoms with van der Waals surface area (Å²) in [5.74, 6) is 0. The summed E-state index contributed by atoms with van der Waals surface area (Å²) in [4.78, 5) is 11.7. The predicted octanol–water partition coefficient (Wildman–Crippen LogP) is 1.29. The topological polar surface area (TPSA) is 59.6 Å². The molecule has 0 bridgehead atoms. The second-order valence-electron chi connectivity index (χ2n) is 4.58. The van der Waals surface area contributed by atoms with Crippen molar-refractivity contribution in [1.82, 2.24) is 10.6 Å². The molecule has 0 unspecified atom stereocenters. The lowest BCUT2D eigenvalue weighted by atomic mass is 10.0. The van der Waals surface area contributed by atoms with E-state index in [1.54, 1.807) is 7.11 Å². The largest absolute Gasteiger partial charge is 0.445 e. The van der Waals surface area contributed by atoms with Gasteiger partial charge in [-0.1, -0.05) is 30.3 Å². The highest BCUT2D eigenvalue weighted by molar-refractivity contribution is 5.67. The molecular weight excluding hydrogens is 244 g/mol. The van der Waals surface area contributed by atoms with Crippen LogP contribution in [0.4, 0.5) is 4.79 Å². The first-order chi connectivity index (χ1) is 9.29. The molecule has 2 rings (SSSR count). The lowest BCUT2D eigenvalue weighted by Gasteiger charge is -2.31. The number of ether oxygens (including phenoxy) is 2. The van der Waals surface area contributed by atoms with E-state index in [1.807, 2.05) is 30.3 Å². The van der Waals surface area contributed by atoms with Crippen LogP contribution in [0.1, 0.15) is 12.0 Å². The van der Waals surface area contributed by atoms with E-state index in [1.165, 1.54) is 0 Å². The van der Waals surface area contributed by atoms with Crippen molar-refractivity contribution >= 4 is 6.09 Å². The summed E-state index contributed by atoms with van der Waals surface area (Å²) in [6.07, 6.45) is 0.453. The van der Waals surface area contributed by atoms with Crippen LogP contribution in [-0.4, -0.2) is 38.4 Å². The zero-order valence-corrected chi connectivity index (χ0v) is 11.1. The molecule has 1 heterocycles. The molecule has 2 atom stereocenters. The molecule has 5 nitrogen and oxygen atoms in total. The van der Waals surface area contributed by atoms with Crippen LogP contribution in [0.5, 0.6) is 0 Å². The van der Waals surface area contributed by atoms with Gasteiger partial charge in [0, 0.05) is 13.7 Å². The van der Waals surface area contributed by atoms with Crippen LogP contribution in [0.25, 0.3) is 0 Å². The van der Waals surface area contributed by atoms with Gasteiger partial charge in [0.25, 0.3) is 0 Å². The maximum Gasteiger partial charge on any atom is 0.407 e. The molecule has 2 N–H and O–H groups in total. The fourth-order valence-corrected chi connectivity index (χ4v) is 2.16. The van der Waals surface area contributed by atoms with Gasteiger partial charge in [0.2, 0.25) is 0 Å². The zero-order valence-electron chi connectivity index (χ0n) is 11.1. The normalized spacial score (nSPS) is 22.8.